The molecule has 33 heavy (non-hydrogen) atoms. The molecule has 0 N–H and O–H groups in total. The van der Waals surface area contributed by atoms with Crippen molar-refractivity contribution in [3.8, 4) is 6.07 Å². The predicted octanol–water partition coefficient (Wildman–Crippen LogP) is 4.05. The lowest BCUT2D eigenvalue weighted by molar-refractivity contribution is -0.122. The highest BCUT2D eigenvalue weighted by Crippen LogP contribution is 2.36. The average molecular weight is 489 g/mol. The molecule has 1 aromatic rings. The van der Waals surface area contributed by atoms with Gasteiger partial charge in [-0.2, -0.15) is 5.26 Å². The van der Waals surface area contributed by atoms with Gasteiger partial charge < -0.3 is 9.64 Å². The molecule has 0 spiro atoms. The van der Waals surface area contributed by atoms with Gasteiger partial charge in [0.15, 0.2) is 0 Å². The van der Waals surface area contributed by atoms with Crippen LogP contribution in [0.4, 0.5) is 5.82 Å². The summed E-state index contributed by atoms with van der Waals surface area (Å²) < 4.78 is 8.19. The normalized spacial score (nSPS) is 22.4. The first-order valence-corrected chi connectivity index (χ1v) is 12.8. The number of nitriles is 1. The highest BCUT2D eigenvalue weighted by atomic mass is 32.2. The number of unbranched alkanes of at least 4 members (excludes halogenated alkanes) is 1. The zero-order valence-corrected chi connectivity index (χ0v) is 21.6. The van der Waals surface area contributed by atoms with Crippen molar-refractivity contribution in [2.45, 2.75) is 72.6 Å². The Bertz CT molecular complexity index is 1060. The van der Waals surface area contributed by atoms with E-state index in [4.69, 9.17) is 17.0 Å². The van der Waals surface area contributed by atoms with E-state index in [0.717, 1.165) is 30.6 Å². The van der Waals surface area contributed by atoms with Crippen LogP contribution in [0.2, 0.25) is 0 Å². The first-order chi connectivity index (χ1) is 15.7. The van der Waals surface area contributed by atoms with Crippen molar-refractivity contribution >= 4 is 46.1 Å². The minimum Gasteiger partial charge on any atom is -0.372 e. The van der Waals surface area contributed by atoms with E-state index in [2.05, 4.69) is 17.9 Å². The highest BCUT2D eigenvalue weighted by Gasteiger charge is 2.33. The molecule has 0 aliphatic carbocycles. The number of morpholine rings is 1. The van der Waals surface area contributed by atoms with E-state index < -0.39 is 0 Å². The molecule has 0 saturated carbocycles. The summed E-state index contributed by atoms with van der Waals surface area (Å²) in [7, 11) is 0. The molecule has 3 heterocycles. The standard InChI is InChI=1S/C24H32N4O3S2/c1-6-8-10-27-21(26-13-15(3)31-16(4)14-26)18(17(5)19(12-25)22(27)29)11-20-23(30)28(9-7-2)24(32)33-20/h11,15-16H,6-10,13-14H2,1-5H3. The monoisotopic (exact) mass is 488 g/mol. The van der Waals surface area contributed by atoms with Crippen LogP contribution in [0, 0.1) is 18.3 Å². The molecule has 2 aliphatic rings. The summed E-state index contributed by atoms with van der Waals surface area (Å²) in [5, 5.41) is 9.81. The molecular formula is C24H32N4O3S2. The van der Waals surface area contributed by atoms with Crippen LogP contribution in [0.15, 0.2) is 9.70 Å². The fourth-order valence-electron chi connectivity index (χ4n) is 4.41. The SMILES string of the molecule is CCCCn1c(N2CC(C)OC(C)C2)c(C=C2SC(=S)N(CCC)C2=O)c(C)c(C#N)c1=O. The maximum absolute atomic E-state index is 13.4. The van der Waals surface area contributed by atoms with Crippen molar-refractivity contribution in [2.24, 2.45) is 0 Å². The molecule has 9 heteroatoms. The molecule has 2 unspecified atom stereocenters. The van der Waals surface area contributed by atoms with E-state index in [-0.39, 0.29) is 29.2 Å². The zero-order valence-electron chi connectivity index (χ0n) is 20.0. The van der Waals surface area contributed by atoms with Crippen LogP contribution in [0.3, 0.4) is 0 Å². The summed E-state index contributed by atoms with van der Waals surface area (Å²) in [6.07, 6.45) is 4.36. The Hall–Kier alpha value is -2.15. The van der Waals surface area contributed by atoms with Gasteiger partial charge in [0.05, 0.1) is 17.1 Å². The van der Waals surface area contributed by atoms with Crippen molar-refractivity contribution in [1.82, 2.24) is 9.47 Å². The summed E-state index contributed by atoms with van der Waals surface area (Å²) in [6.45, 7) is 12.2. The van der Waals surface area contributed by atoms with Gasteiger partial charge in [0.25, 0.3) is 11.5 Å². The number of carbonyl (C=O) groups excluding carboxylic acids is 1. The Morgan fingerprint density at radius 1 is 1.18 bits per heavy atom. The van der Waals surface area contributed by atoms with Crippen LogP contribution < -0.4 is 10.5 Å². The average Bonchev–Trinajstić information content (AvgIpc) is 3.02. The molecule has 0 radical (unpaired) electrons. The number of anilines is 1. The molecular weight excluding hydrogens is 456 g/mol. The van der Waals surface area contributed by atoms with Crippen molar-refractivity contribution in [2.75, 3.05) is 24.5 Å². The predicted molar refractivity (Wildman–Crippen MR) is 137 cm³/mol. The Kier molecular flexibility index (Phi) is 8.38. The topological polar surface area (TPSA) is 78.6 Å². The second-order valence-electron chi connectivity index (χ2n) is 8.66. The number of hydrogen-bond donors (Lipinski definition) is 0. The van der Waals surface area contributed by atoms with Gasteiger partial charge in [0, 0.05) is 31.7 Å². The van der Waals surface area contributed by atoms with Gasteiger partial charge in [-0.15, -0.1) is 0 Å². The minimum absolute atomic E-state index is 0.00459. The Morgan fingerprint density at radius 3 is 2.42 bits per heavy atom. The number of rotatable bonds is 7. The molecule has 2 aliphatic heterocycles. The summed E-state index contributed by atoms with van der Waals surface area (Å²) in [6, 6.07) is 2.11. The number of pyridine rings is 1. The molecule has 2 atom stereocenters. The third kappa shape index (κ3) is 5.18. The van der Waals surface area contributed by atoms with Gasteiger partial charge in [-0.3, -0.25) is 19.1 Å². The van der Waals surface area contributed by atoms with Crippen LogP contribution in [0.1, 0.15) is 63.6 Å². The lowest BCUT2D eigenvalue weighted by atomic mass is 10.0. The molecule has 0 bridgehead atoms. The summed E-state index contributed by atoms with van der Waals surface area (Å²) >= 11 is 6.72. The first kappa shape index (κ1) is 25.5. The van der Waals surface area contributed by atoms with Gasteiger partial charge in [-0.05, 0) is 45.3 Å². The molecule has 0 aromatic carbocycles. The summed E-state index contributed by atoms with van der Waals surface area (Å²) in [5.74, 6) is 0.637. The molecule has 7 nitrogen and oxygen atoms in total. The van der Waals surface area contributed by atoms with Crippen molar-refractivity contribution < 1.29 is 9.53 Å². The number of nitrogens with zero attached hydrogens (tertiary/aromatic N) is 4. The zero-order chi connectivity index (χ0) is 24.3. The van der Waals surface area contributed by atoms with E-state index in [9.17, 15) is 14.9 Å². The van der Waals surface area contributed by atoms with Gasteiger partial charge in [-0.25, -0.2) is 0 Å². The van der Waals surface area contributed by atoms with Crippen LogP contribution in [-0.2, 0) is 16.1 Å². The van der Waals surface area contributed by atoms with Crippen molar-refractivity contribution in [3.05, 3.63) is 31.9 Å². The fraction of sp³-hybridized carbons (Fsp3) is 0.583. The highest BCUT2D eigenvalue weighted by molar-refractivity contribution is 8.26. The maximum Gasteiger partial charge on any atom is 0.270 e. The summed E-state index contributed by atoms with van der Waals surface area (Å²) in [4.78, 5) is 30.7. The Labute approximate surface area is 205 Å². The molecule has 178 valence electrons. The van der Waals surface area contributed by atoms with Gasteiger partial charge in [0.1, 0.15) is 21.8 Å². The van der Waals surface area contributed by atoms with E-state index in [0.29, 0.717) is 41.0 Å². The van der Waals surface area contributed by atoms with Gasteiger partial charge >= 0.3 is 0 Å². The third-order valence-electron chi connectivity index (χ3n) is 5.90. The molecule has 1 amide bonds. The Morgan fingerprint density at radius 2 is 1.85 bits per heavy atom. The third-order valence-corrected chi connectivity index (χ3v) is 7.27. The Balaban J connectivity index is 2.25. The van der Waals surface area contributed by atoms with Crippen LogP contribution >= 0.6 is 24.0 Å². The van der Waals surface area contributed by atoms with Crippen molar-refractivity contribution in [3.63, 3.8) is 0 Å². The van der Waals surface area contributed by atoms with Gasteiger partial charge in [-0.1, -0.05) is 44.2 Å². The number of thiocarbonyl (C=S) groups is 1. The number of hydrogen-bond acceptors (Lipinski definition) is 7. The van der Waals surface area contributed by atoms with E-state index >= 15 is 0 Å². The maximum atomic E-state index is 13.4. The fourth-order valence-corrected chi connectivity index (χ4v) is 5.70. The smallest absolute Gasteiger partial charge is 0.270 e. The van der Waals surface area contributed by atoms with Crippen LogP contribution in [0.5, 0.6) is 0 Å². The molecule has 1 aromatic heterocycles. The van der Waals surface area contributed by atoms with Crippen molar-refractivity contribution in [1.29, 1.82) is 5.26 Å². The summed E-state index contributed by atoms with van der Waals surface area (Å²) in [5.41, 5.74) is 1.18. The first-order valence-electron chi connectivity index (χ1n) is 11.6. The lowest BCUT2D eigenvalue weighted by Crippen LogP contribution is -2.48. The van der Waals surface area contributed by atoms with Gasteiger partial charge in [0.2, 0.25) is 0 Å². The van der Waals surface area contributed by atoms with E-state index in [1.54, 1.807) is 16.4 Å². The van der Waals surface area contributed by atoms with E-state index in [1.165, 1.54) is 11.8 Å². The number of thioether (sulfide) groups is 1. The number of amides is 1. The molecule has 2 saturated heterocycles. The molecule has 2 fully saturated rings. The minimum atomic E-state index is -0.277. The van der Waals surface area contributed by atoms with E-state index in [1.807, 2.05) is 26.8 Å². The lowest BCUT2D eigenvalue weighted by Gasteiger charge is -2.39. The number of aromatic nitrogens is 1. The largest absolute Gasteiger partial charge is 0.372 e. The second-order valence-corrected chi connectivity index (χ2v) is 10.3. The second kappa shape index (κ2) is 10.9. The molecule has 3 rings (SSSR count). The quantitative estimate of drug-likeness (QED) is 0.423. The van der Waals surface area contributed by atoms with Crippen LogP contribution in [0.25, 0.3) is 6.08 Å². The van der Waals surface area contributed by atoms with Crippen LogP contribution in [-0.4, -0.2) is 51.5 Å². The number of carbonyl (C=O) groups is 1. The number of ether oxygens (including phenoxy) is 1.